The Hall–Kier alpha value is -1.61. The van der Waals surface area contributed by atoms with Crippen molar-refractivity contribution < 1.29 is 9.59 Å². The van der Waals surface area contributed by atoms with E-state index in [1.54, 1.807) is 0 Å². The summed E-state index contributed by atoms with van der Waals surface area (Å²) in [7, 11) is 0. The Kier molecular flexibility index (Phi) is 4.34. The maximum Gasteiger partial charge on any atom is 0.235 e. The van der Waals surface area contributed by atoms with Crippen molar-refractivity contribution in [3.63, 3.8) is 0 Å². The fourth-order valence-electron chi connectivity index (χ4n) is 3.47. The third-order valence-corrected chi connectivity index (χ3v) is 5.03. The highest BCUT2D eigenvalue weighted by Gasteiger charge is 2.37. The molecule has 0 radical (unpaired) electrons. The molecule has 120 valence electrons. The molecule has 3 aliphatic rings. The second-order valence-corrected chi connectivity index (χ2v) is 6.82. The average Bonchev–Trinajstić information content (AvgIpc) is 3.28. The van der Waals surface area contributed by atoms with Crippen LogP contribution < -0.4 is 5.32 Å². The van der Waals surface area contributed by atoms with Crippen LogP contribution in [-0.4, -0.2) is 59.9 Å². The third kappa shape index (κ3) is 3.41. The van der Waals surface area contributed by atoms with Crippen molar-refractivity contribution in [2.24, 2.45) is 5.92 Å². The lowest BCUT2D eigenvalue weighted by molar-refractivity contribution is -0.134. The van der Waals surface area contributed by atoms with Gasteiger partial charge in [0.05, 0.1) is 12.6 Å². The standard InChI is InChI=1S/C16H24N4O2/c17-12-16(5-1-2-6-16)18-14(21)11-19-7-9-20(10-8-19)15(22)13-3-4-13/h13H,1-11H2,(H,18,21). The van der Waals surface area contributed by atoms with Crippen LogP contribution in [-0.2, 0) is 9.59 Å². The number of hydrogen-bond acceptors (Lipinski definition) is 4. The minimum atomic E-state index is -0.638. The number of nitriles is 1. The van der Waals surface area contributed by atoms with Crippen molar-refractivity contribution in [1.82, 2.24) is 15.1 Å². The molecular weight excluding hydrogens is 280 g/mol. The van der Waals surface area contributed by atoms with Crippen molar-refractivity contribution in [3.05, 3.63) is 0 Å². The smallest absolute Gasteiger partial charge is 0.235 e. The van der Waals surface area contributed by atoms with Gasteiger partial charge in [-0.25, -0.2) is 0 Å². The van der Waals surface area contributed by atoms with E-state index in [-0.39, 0.29) is 11.8 Å². The minimum Gasteiger partial charge on any atom is -0.340 e. The molecule has 0 bridgehead atoms. The lowest BCUT2D eigenvalue weighted by Gasteiger charge is -2.35. The topological polar surface area (TPSA) is 76.4 Å². The molecule has 2 saturated carbocycles. The summed E-state index contributed by atoms with van der Waals surface area (Å²) >= 11 is 0. The van der Waals surface area contributed by atoms with Crippen LogP contribution >= 0.6 is 0 Å². The van der Waals surface area contributed by atoms with Gasteiger partial charge < -0.3 is 10.2 Å². The predicted molar refractivity (Wildman–Crippen MR) is 80.7 cm³/mol. The molecule has 1 aliphatic heterocycles. The number of carbonyl (C=O) groups excluding carboxylic acids is 2. The minimum absolute atomic E-state index is 0.0644. The largest absolute Gasteiger partial charge is 0.340 e. The first-order valence-electron chi connectivity index (χ1n) is 8.35. The van der Waals surface area contributed by atoms with Gasteiger partial charge in [0.1, 0.15) is 5.54 Å². The van der Waals surface area contributed by atoms with Crippen molar-refractivity contribution in [2.45, 2.75) is 44.1 Å². The first-order chi connectivity index (χ1) is 10.6. The first kappa shape index (κ1) is 15.3. The molecule has 22 heavy (non-hydrogen) atoms. The zero-order valence-electron chi connectivity index (χ0n) is 13.0. The van der Waals surface area contributed by atoms with Gasteiger partial charge in [-0.3, -0.25) is 14.5 Å². The summed E-state index contributed by atoms with van der Waals surface area (Å²) in [4.78, 5) is 28.2. The van der Waals surface area contributed by atoms with Crippen LogP contribution in [0.1, 0.15) is 38.5 Å². The van der Waals surface area contributed by atoms with E-state index in [9.17, 15) is 14.9 Å². The second-order valence-electron chi connectivity index (χ2n) is 6.82. The zero-order chi connectivity index (χ0) is 15.6. The second kappa shape index (κ2) is 6.25. The highest BCUT2D eigenvalue weighted by atomic mass is 16.2. The molecular formula is C16H24N4O2. The maximum absolute atomic E-state index is 12.2. The highest BCUT2D eigenvalue weighted by molar-refractivity contribution is 5.81. The number of carbonyl (C=O) groups is 2. The lowest BCUT2D eigenvalue weighted by Crippen LogP contribution is -2.54. The number of nitrogens with one attached hydrogen (secondary N) is 1. The molecule has 2 amide bonds. The van der Waals surface area contributed by atoms with E-state index in [2.05, 4.69) is 16.3 Å². The molecule has 0 aromatic heterocycles. The van der Waals surface area contributed by atoms with Crippen LogP contribution in [0.25, 0.3) is 0 Å². The number of piperazine rings is 1. The molecule has 0 aromatic carbocycles. The van der Waals surface area contributed by atoms with E-state index in [1.807, 2.05) is 4.90 Å². The lowest BCUT2D eigenvalue weighted by atomic mass is 10.00. The van der Waals surface area contributed by atoms with Crippen LogP contribution in [0.4, 0.5) is 0 Å². The van der Waals surface area contributed by atoms with Gasteiger partial charge in [0, 0.05) is 32.1 Å². The Morgan fingerprint density at radius 1 is 1.14 bits per heavy atom. The maximum atomic E-state index is 12.2. The van der Waals surface area contributed by atoms with Gasteiger partial charge in [-0.1, -0.05) is 0 Å². The van der Waals surface area contributed by atoms with Crippen molar-refractivity contribution >= 4 is 11.8 Å². The Morgan fingerprint density at radius 3 is 2.32 bits per heavy atom. The summed E-state index contributed by atoms with van der Waals surface area (Å²) in [6, 6.07) is 2.28. The summed E-state index contributed by atoms with van der Waals surface area (Å²) in [6.07, 6.45) is 5.62. The molecule has 0 unspecified atom stereocenters. The van der Waals surface area contributed by atoms with Gasteiger partial charge in [-0.15, -0.1) is 0 Å². The van der Waals surface area contributed by atoms with Crippen LogP contribution in [0.2, 0.25) is 0 Å². The fourth-order valence-corrected chi connectivity index (χ4v) is 3.47. The predicted octanol–water partition coefficient (Wildman–Crippen LogP) is 0.493. The summed E-state index contributed by atoms with van der Waals surface area (Å²) in [5, 5.41) is 12.2. The molecule has 3 fully saturated rings. The molecule has 0 spiro atoms. The van der Waals surface area contributed by atoms with Gasteiger partial charge >= 0.3 is 0 Å². The molecule has 2 aliphatic carbocycles. The SMILES string of the molecule is N#CC1(NC(=O)CN2CCN(C(=O)C3CC3)CC2)CCCC1. The highest BCUT2D eigenvalue weighted by Crippen LogP contribution is 2.31. The molecule has 1 saturated heterocycles. The quantitative estimate of drug-likeness (QED) is 0.820. The molecule has 6 nitrogen and oxygen atoms in total. The number of hydrogen-bond donors (Lipinski definition) is 1. The first-order valence-corrected chi connectivity index (χ1v) is 8.35. The summed E-state index contributed by atoms with van der Waals surface area (Å²) in [6.45, 7) is 3.24. The van der Waals surface area contributed by atoms with Gasteiger partial charge in [0.2, 0.25) is 11.8 Å². The molecule has 3 rings (SSSR count). The number of rotatable bonds is 4. The Bertz CT molecular complexity index is 481. The van der Waals surface area contributed by atoms with Gasteiger partial charge in [0.25, 0.3) is 0 Å². The molecule has 6 heteroatoms. The van der Waals surface area contributed by atoms with Gasteiger partial charge in [0.15, 0.2) is 0 Å². The fraction of sp³-hybridized carbons (Fsp3) is 0.812. The summed E-state index contributed by atoms with van der Waals surface area (Å²) < 4.78 is 0. The van der Waals surface area contributed by atoms with Crippen molar-refractivity contribution in [1.29, 1.82) is 5.26 Å². The molecule has 1 N–H and O–H groups in total. The van der Waals surface area contributed by atoms with Crippen molar-refractivity contribution in [2.75, 3.05) is 32.7 Å². The van der Waals surface area contributed by atoms with E-state index in [0.717, 1.165) is 51.6 Å². The molecule has 0 aromatic rings. The monoisotopic (exact) mass is 304 g/mol. The van der Waals surface area contributed by atoms with E-state index in [1.165, 1.54) is 0 Å². The number of nitrogens with zero attached hydrogens (tertiary/aromatic N) is 3. The van der Waals surface area contributed by atoms with E-state index < -0.39 is 5.54 Å². The van der Waals surface area contributed by atoms with Crippen LogP contribution in [0.3, 0.4) is 0 Å². The zero-order valence-corrected chi connectivity index (χ0v) is 13.0. The van der Waals surface area contributed by atoms with Crippen LogP contribution in [0, 0.1) is 17.2 Å². The van der Waals surface area contributed by atoms with Gasteiger partial charge in [-0.2, -0.15) is 5.26 Å². The Morgan fingerprint density at radius 2 is 1.77 bits per heavy atom. The normalized spacial score (nSPS) is 24.8. The van der Waals surface area contributed by atoms with Gasteiger partial charge in [-0.05, 0) is 38.5 Å². The Labute approximate surface area is 131 Å². The van der Waals surface area contributed by atoms with Crippen molar-refractivity contribution in [3.8, 4) is 6.07 Å². The van der Waals surface area contributed by atoms with E-state index in [4.69, 9.17) is 0 Å². The number of amides is 2. The third-order valence-electron chi connectivity index (χ3n) is 5.03. The Balaban J connectivity index is 1.43. The van der Waals surface area contributed by atoms with Crippen LogP contribution in [0.5, 0.6) is 0 Å². The van der Waals surface area contributed by atoms with Crippen LogP contribution in [0.15, 0.2) is 0 Å². The summed E-state index contributed by atoms with van der Waals surface area (Å²) in [5.41, 5.74) is -0.638. The average molecular weight is 304 g/mol. The molecule has 1 heterocycles. The molecule has 0 atom stereocenters. The van der Waals surface area contributed by atoms with E-state index in [0.29, 0.717) is 25.5 Å². The van der Waals surface area contributed by atoms with E-state index >= 15 is 0 Å². The summed E-state index contributed by atoms with van der Waals surface area (Å²) in [5.74, 6) is 0.497.